The Balaban J connectivity index is 2.21. The highest BCUT2D eigenvalue weighted by Gasteiger charge is 2.43. The van der Waals surface area contributed by atoms with Crippen LogP contribution in [0.25, 0.3) is 0 Å². The summed E-state index contributed by atoms with van der Waals surface area (Å²) >= 11 is 12.0. The van der Waals surface area contributed by atoms with Crippen molar-refractivity contribution in [3.8, 4) is 5.75 Å². The molecular weight excluding hydrogens is 259 g/mol. The van der Waals surface area contributed by atoms with Crippen molar-refractivity contribution in [2.24, 2.45) is 5.92 Å². The number of fused-ring (bicyclic) bond motifs is 3. The molecule has 2 nitrogen and oxygen atoms in total. The van der Waals surface area contributed by atoms with Crippen LogP contribution in [0.4, 0.5) is 0 Å². The van der Waals surface area contributed by atoms with Gasteiger partial charge in [0.05, 0.1) is 5.02 Å². The molecule has 0 spiro atoms. The summed E-state index contributed by atoms with van der Waals surface area (Å²) in [5.74, 6) is 0.368. The number of carbonyl (C=O) groups is 1. The van der Waals surface area contributed by atoms with E-state index < -0.39 is 0 Å². The van der Waals surface area contributed by atoms with Gasteiger partial charge in [-0.15, -0.1) is 0 Å². The van der Waals surface area contributed by atoms with E-state index in [9.17, 15) is 9.90 Å². The van der Waals surface area contributed by atoms with Crippen LogP contribution in [-0.2, 0) is 0 Å². The summed E-state index contributed by atoms with van der Waals surface area (Å²) in [5, 5.41) is 10.0. The number of Topliss-reactive ketones (excluding diaryl/α,β-unsaturated/α-hetero) is 1. The number of phenolic OH excluding ortho intramolecular Hbond substituents is 1. The van der Waals surface area contributed by atoms with Gasteiger partial charge in [0.2, 0.25) is 0 Å². The van der Waals surface area contributed by atoms with Gasteiger partial charge < -0.3 is 5.11 Å². The van der Waals surface area contributed by atoms with Crippen LogP contribution in [0.3, 0.4) is 0 Å². The Morgan fingerprint density at radius 3 is 2.47 bits per heavy atom. The van der Waals surface area contributed by atoms with Gasteiger partial charge in [0.15, 0.2) is 5.78 Å². The van der Waals surface area contributed by atoms with Crippen LogP contribution in [0.2, 0.25) is 10.0 Å². The lowest BCUT2D eigenvalue weighted by atomic mass is 9.79. The zero-order valence-electron chi connectivity index (χ0n) is 9.17. The summed E-state index contributed by atoms with van der Waals surface area (Å²) < 4.78 is 0. The van der Waals surface area contributed by atoms with Gasteiger partial charge in [0.25, 0.3) is 0 Å². The molecule has 2 aliphatic rings. The fourth-order valence-corrected chi connectivity index (χ4v) is 3.63. The van der Waals surface area contributed by atoms with Crippen LogP contribution in [0.5, 0.6) is 5.75 Å². The van der Waals surface area contributed by atoms with Crippen LogP contribution in [0, 0.1) is 5.92 Å². The van der Waals surface area contributed by atoms with E-state index in [1.165, 1.54) is 0 Å². The summed E-state index contributed by atoms with van der Waals surface area (Å²) in [6.07, 6.45) is 4.15. The van der Waals surface area contributed by atoms with Crippen LogP contribution in [0.15, 0.2) is 6.07 Å². The molecule has 2 aliphatic carbocycles. The average molecular weight is 271 g/mol. The highest BCUT2D eigenvalue weighted by Crippen LogP contribution is 2.51. The molecule has 0 heterocycles. The Hall–Kier alpha value is -0.730. The smallest absolute Gasteiger partial charge is 0.168 e. The van der Waals surface area contributed by atoms with Crippen LogP contribution in [-0.4, -0.2) is 10.9 Å². The molecule has 4 heteroatoms. The van der Waals surface area contributed by atoms with Crippen LogP contribution >= 0.6 is 23.2 Å². The van der Waals surface area contributed by atoms with Crippen molar-refractivity contribution in [2.75, 3.05) is 0 Å². The Labute approximate surface area is 110 Å². The van der Waals surface area contributed by atoms with Crippen molar-refractivity contribution in [1.29, 1.82) is 0 Å². The standard InChI is InChI=1S/C13H12Cl2O2/c14-11-9(16)5-8-6-3-1-2-4-7(6)13(17)10(8)12(11)15/h5-7,16H,1-4H2/t6-,7-/m0/s1. The van der Waals surface area contributed by atoms with Crippen LogP contribution in [0.1, 0.15) is 47.5 Å². The maximum Gasteiger partial charge on any atom is 0.168 e. The summed E-state index contributed by atoms with van der Waals surface area (Å²) in [5.41, 5.74) is 1.44. The molecule has 0 aromatic heterocycles. The van der Waals surface area contributed by atoms with E-state index in [1.54, 1.807) is 6.07 Å². The molecule has 0 radical (unpaired) electrons. The Morgan fingerprint density at radius 2 is 1.76 bits per heavy atom. The first-order chi connectivity index (χ1) is 8.11. The highest BCUT2D eigenvalue weighted by molar-refractivity contribution is 6.45. The first-order valence-corrected chi connectivity index (χ1v) is 6.62. The largest absolute Gasteiger partial charge is 0.506 e. The lowest BCUT2D eigenvalue weighted by Crippen LogP contribution is -2.17. The second kappa shape index (κ2) is 3.89. The molecule has 0 amide bonds. The minimum atomic E-state index is -0.0190. The van der Waals surface area contributed by atoms with E-state index in [2.05, 4.69) is 0 Å². The van der Waals surface area contributed by atoms with Crippen molar-refractivity contribution < 1.29 is 9.90 Å². The second-order valence-electron chi connectivity index (χ2n) is 4.85. The lowest BCUT2D eigenvalue weighted by molar-refractivity contribution is 0.0898. The third-order valence-electron chi connectivity index (χ3n) is 3.97. The summed E-state index contributed by atoms with van der Waals surface area (Å²) in [6.45, 7) is 0. The monoisotopic (exact) mass is 270 g/mol. The molecule has 1 fully saturated rings. The molecule has 0 bridgehead atoms. The zero-order chi connectivity index (χ0) is 12.2. The van der Waals surface area contributed by atoms with Crippen molar-refractivity contribution in [2.45, 2.75) is 31.6 Å². The fourth-order valence-electron chi connectivity index (χ4n) is 3.18. The Kier molecular flexibility index (Phi) is 2.60. The molecule has 3 rings (SSSR count). The number of ketones is 1. The number of halogens is 2. The number of carbonyl (C=O) groups excluding carboxylic acids is 1. The minimum Gasteiger partial charge on any atom is -0.506 e. The number of benzene rings is 1. The molecule has 1 aromatic carbocycles. The van der Waals surface area contributed by atoms with Gasteiger partial charge in [-0.05, 0) is 30.4 Å². The van der Waals surface area contributed by atoms with Gasteiger partial charge in [-0.2, -0.15) is 0 Å². The predicted molar refractivity (Wildman–Crippen MR) is 67.2 cm³/mol. The number of hydrogen-bond donors (Lipinski definition) is 1. The first kappa shape index (κ1) is 11.4. The van der Waals surface area contributed by atoms with E-state index >= 15 is 0 Å². The molecule has 90 valence electrons. The second-order valence-corrected chi connectivity index (χ2v) is 5.61. The lowest BCUT2D eigenvalue weighted by Gasteiger charge is -2.24. The summed E-state index contributed by atoms with van der Waals surface area (Å²) in [6, 6.07) is 1.62. The highest BCUT2D eigenvalue weighted by atomic mass is 35.5. The average Bonchev–Trinajstić information content (AvgIpc) is 2.61. The van der Waals surface area contributed by atoms with E-state index in [0.29, 0.717) is 5.56 Å². The number of phenols is 1. The van der Waals surface area contributed by atoms with Crippen molar-refractivity contribution in [1.82, 2.24) is 0 Å². The molecule has 0 aliphatic heterocycles. The summed E-state index contributed by atoms with van der Waals surface area (Å²) in [4.78, 5) is 12.3. The molecule has 0 unspecified atom stereocenters. The molecule has 1 N–H and O–H groups in total. The third kappa shape index (κ3) is 1.50. The Morgan fingerprint density at radius 1 is 1.12 bits per heavy atom. The Bertz CT molecular complexity index is 511. The quantitative estimate of drug-likeness (QED) is 0.768. The van der Waals surface area contributed by atoms with Gasteiger partial charge in [-0.3, -0.25) is 4.79 Å². The molecule has 2 atom stereocenters. The fraction of sp³-hybridized carbons (Fsp3) is 0.462. The molecule has 1 saturated carbocycles. The maximum absolute atomic E-state index is 12.3. The number of rotatable bonds is 0. The number of hydrogen-bond acceptors (Lipinski definition) is 2. The van der Waals surface area contributed by atoms with Crippen molar-refractivity contribution in [3.05, 3.63) is 27.2 Å². The summed E-state index contributed by atoms with van der Waals surface area (Å²) in [7, 11) is 0. The van der Waals surface area contributed by atoms with E-state index in [-0.39, 0.29) is 33.4 Å². The number of aromatic hydroxyl groups is 1. The van der Waals surface area contributed by atoms with E-state index in [1.807, 2.05) is 0 Å². The van der Waals surface area contributed by atoms with Crippen molar-refractivity contribution >= 4 is 29.0 Å². The van der Waals surface area contributed by atoms with Gasteiger partial charge in [-0.25, -0.2) is 0 Å². The van der Waals surface area contributed by atoms with E-state index in [0.717, 1.165) is 31.2 Å². The molecular formula is C13H12Cl2O2. The van der Waals surface area contributed by atoms with Crippen molar-refractivity contribution in [3.63, 3.8) is 0 Å². The SMILES string of the molecule is O=C1c2c(cc(O)c(Cl)c2Cl)[C@H]2CCCC[C@H]12. The van der Waals surface area contributed by atoms with E-state index in [4.69, 9.17) is 23.2 Å². The zero-order valence-corrected chi connectivity index (χ0v) is 10.7. The normalized spacial score (nSPS) is 26.8. The molecule has 1 aromatic rings. The third-order valence-corrected chi connectivity index (χ3v) is 4.82. The van der Waals surface area contributed by atoms with Crippen LogP contribution < -0.4 is 0 Å². The van der Waals surface area contributed by atoms with Gasteiger partial charge in [0, 0.05) is 11.5 Å². The molecule has 0 saturated heterocycles. The van der Waals surface area contributed by atoms with Gasteiger partial charge in [-0.1, -0.05) is 36.0 Å². The predicted octanol–water partition coefficient (Wildman–Crippen LogP) is 4.17. The van der Waals surface area contributed by atoms with Gasteiger partial charge >= 0.3 is 0 Å². The maximum atomic E-state index is 12.3. The molecule has 17 heavy (non-hydrogen) atoms. The van der Waals surface area contributed by atoms with Gasteiger partial charge in [0.1, 0.15) is 10.8 Å². The first-order valence-electron chi connectivity index (χ1n) is 5.86. The minimum absolute atomic E-state index is 0.0190. The topological polar surface area (TPSA) is 37.3 Å².